The number of likely N-dealkylation sites (tertiary alicyclic amines) is 1. The van der Waals surface area contributed by atoms with Crippen LogP contribution in [0.2, 0.25) is 5.02 Å². The monoisotopic (exact) mass is 585 g/mol. The van der Waals surface area contributed by atoms with Gasteiger partial charge in [-0.15, -0.1) is 0 Å². The summed E-state index contributed by atoms with van der Waals surface area (Å²) in [6.07, 6.45) is 7.07. The molecule has 1 aliphatic heterocycles. The first-order valence-electron chi connectivity index (χ1n) is 13.4. The zero-order valence-corrected chi connectivity index (χ0v) is 25.5. The van der Waals surface area contributed by atoms with Crippen LogP contribution in [0.5, 0.6) is 0 Å². The molecule has 2 aliphatic rings. The number of likely N-dealkylation sites (N-methyl/N-ethyl adjacent to an activating group) is 1. The highest BCUT2D eigenvalue weighted by atomic mass is 35.5. The fourth-order valence-electron chi connectivity index (χ4n) is 4.59. The predicted octanol–water partition coefficient (Wildman–Crippen LogP) is 3.67. The summed E-state index contributed by atoms with van der Waals surface area (Å²) in [7, 11) is 7.12. The topological polar surface area (TPSA) is 165 Å². The molecular formula is C30H44ClN7O3. The van der Waals surface area contributed by atoms with Crippen LogP contribution in [-0.2, 0) is 9.53 Å². The van der Waals surface area contributed by atoms with Gasteiger partial charge in [-0.3, -0.25) is 14.7 Å². The summed E-state index contributed by atoms with van der Waals surface area (Å²) in [6, 6.07) is 4.25. The number of rotatable bonds is 6. The van der Waals surface area contributed by atoms with Crippen molar-refractivity contribution in [2.24, 2.45) is 17.4 Å². The number of H-pyrrole nitrogens is 1. The zero-order valence-electron chi connectivity index (χ0n) is 24.7. The lowest BCUT2D eigenvalue weighted by Crippen LogP contribution is -2.28. The second kappa shape index (κ2) is 18.7. The maximum absolute atomic E-state index is 11.2. The summed E-state index contributed by atoms with van der Waals surface area (Å²) in [5.41, 5.74) is 21.6. The molecule has 2 aromatic rings. The average molecular weight is 586 g/mol. The molecule has 8 N–H and O–H groups in total. The average Bonchev–Trinajstić information content (AvgIpc) is 3.68. The first-order chi connectivity index (χ1) is 19.7. The van der Waals surface area contributed by atoms with Gasteiger partial charge >= 0.3 is 0 Å². The molecule has 1 aromatic carbocycles. The van der Waals surface area contributed by atoms with Crippen molar-refractivity contribution >= 4 is 41.3 Å². The van der Waals surface area contributed by atoms with Crippen molar-refractivity contribution in [1.29, 1.82) is 0 Å². The van der Waals surface area contributed by atoms with Gasteiger partial charge in [-0.1, -0.05) is 31.0 Å². The molecule has 2 atom stereocenters. The van der Waals surface area contributed by atoms with E-state index in [-0.39, 0.29) is 0 Å². The number of hydrogen-bond donors (Lipinski definition) is 5. The Bertz CT molecular complexity index is 1240. The number of carbonyl (C=O) groups is 2. The molecule has 1 aromatic heterocycles. The third kappa shape index (κ3) is 10.1. The minimum Gasteiger partial charge on any atom is -0.402 e. The molecule has 1 fully saturated rings. The number of allylic oxidation sites excluding steroid dienone is 3. The normalized spacial score (nSPS) is 17.4. The maximum Gasteiger partial charge on any atom is 0.159 e. The summed E-state index contributed by atoms with van der Waals surface area (Å²) >= 11 is 6.42. The predicted molar refractivity (Wildman–Crippen MR) is 169 cm³/mol. The number of nitrogens with two attached hydrogens (primary N) is 3. The van der Waals surface area contributed by atoms with Crippen molar-refractivity contribution < 1.29 is 14.3 Å². The summed E-state index contributed by atoms with van der Waals surface area (Å²) in [4.78, 5) is 22.6. The van der Waals surface area contributed by atoms with Crippen LogP contribution in [0, 0.1) is 17.8 Å². The number of hydrogen-bond acceptors (Lipinski definition) is 9. The van der Waals surface area contributed by atoms with Crippen molar-refractivity contribution in [1.82, 2.24) is 15.1 Å². The summed E-state index contributed by atoms with van der Waals surface area (Å²) in [6.45, 7) is 7.39. The number of methoxy groups -OCH3 is 1. The lowest BCUT2D eigenvalue weighted by Gasteiger charge is -2.17. The highest BCUT2D eigenvalue weighted by molar-refractivity contribution is 6.32. The number of aldehydes is 2. The van der Waals surface area contributed by atoms with Crippen molar-refractivity contribution in [3.05, 3.63) is 57.9 Å². The van der Waals surface area contributed by atoms with Crippen LogP contribution in [0.1, 0.15) is 59.8 Å². The molecule has 224 valence electrons. The number of halogens is 1. The number of nitrogens with zero attached hydrogens (tertiary/aromatic N) is 2. The van der Waals surface area contributed by atoms with Crippen LogP contribution in [0.4, 0.5) is 11.5 Å². The van der Waals surface area contributed by atoms with Gasteiger partial charge in [0.25, 0.3) is 0 Å². The fraction of sp³-hybridized carbons (Fsp3) is 0.433. The molecule has 0 radical (unpaired) electrons. The van der Waals surface area contributed by atoms with E-state index >= 15 is 0 Å². The number of ether oxygens (including phenoxy) is 1. The maximum atomic E-state index is 11.2. The first-order valence-corrected chi connectivity index (χ1v) is 13.7. The van der Waals surface area contributed by atoms with Gasteiger partial charge < -0.3 is 32.2 Å². The number of nitrogen functional groups attached to an aromatic ring is 1. The van der Waals surface area contributed by atoms with E-state index in [9.17, 15) is 4.79 Å². The standard InChI is InChI=1S/C19H20ClN5O.C7H15NO.C3H4O.CH5N/c1-10-3-5-15(21)18(10)12-8-14(20)11(7-16(12)22)4-6-17-13(9-26)19(23-2)25-24-17;1-8-5-3-4-7(8)6-9-2;1-2-3-4;1-2/h7-10H,3,5,21-22H2,1-2H3,(H2,23,24,25);7H,3-6H2,1-2H3;2-3H,1H2;2H2,1H3/t;7-;;/m.1../s1. The van der Waals surface area contributed by atoms with E-state index in [0.29, 0.717) is 57.9 Å². The van der Waals surface area contributed by atoms with Crippen LogP contribution in [-0.4, -0.2) is 75.1 Å². The second-order valence-corrected chi connectivity index (χ2v) is 9.79. The summed E-state index contributed by atoms with van der Waals surface area (Å²) in [5.74, 6) is 6.65. The van der Waals surface area contributed by atoms with Gasteiger partial charge in [-0.05, 0) is 81.9 Å². The largest absolute Gasteiger partial charge is 0.402 e. The molecule has 1 unspecified atom stereocenters. The van der Waals surface area contributed by atoms with Crippen LogP contribution >= 0.6 is 11.6 Å². The van der Waals surface area contributed by atoms with Crippen molar-refractivity contribution in [3.8, 4) is 11.8 Å². The smallest absolute Gasteiger partial charge is 0.159 e. The second-order valence-electron chi connectivity index (χ2n) is 9.38. The van der Waals surface area contributed by atoms with E-state index in [0.717, 1.165) is 36.3 Å². The van der Waals surface area contributed by atoms with Gasteiger partial charge in [0.1, 0.15) is 12.0 Å². The molecular weight excluding hydrogens is 542 g/mol. The Hall–Kier alpha value is -3.62. The molecule has 1 aliphatic carbocycles. The Morgan fingerprint density at radius 1 is 1.27 bits per heavy atom. The van der Waals surface area contributed by atoms with E-state index in [2.05, 4.69) is 58.5 Å². The molecule has 0 spiro atoms. The van der Waals surface area contributed by atoms with Crippen LogP contribution < -0.4 is 22.5 Å². The number of aromatic nitrogens is 2. The zero-order chi connectivity index (χ0) is 30.9. The van der Waals surface area contributed by atoms with Crippen molar-refractivity contribution in [2.45, 2.75) is 38.6 Å². The SMILES string of the molecule is C=CC=O.CN.CNc1n[nH]c(C#Cc2cc(N)c(C3=C(N)CCC3C)cc2Cl)c1C=O.COC[C@H]1CCCN1C. The van der Waals surface area contributed by atoms with Crippen molar-refractivity contribution in [2.75, 3.05) is 52.5 Å². The molecule has 0 amide bonds. The number of anilines is 2. The minimum absolute atomic E-state index is 0.352. The molecule has 11 heteroatoms. The Morgan fingerprint density at radius 3 is 2.44 bits per heavy atom. The lowest BCUT2D eigenvalue weighted by atomic mass is 9.94. The van der Waals surface area contributed by atoms with E-state index < -0.39 is 0 Å². The number of nitrogens with one attached hydrogen (secondary N) is 2. The van der Waals surface area contributed by atoms with E-state index in [4.69, 9.17) is 32.6 Å². The van der Waals surface area contributed by atoms with Crippen molar-refractivity contribution in [3.63, 3.8) is 0 Å². The third-order valence-corrected chi connectivity index (χ3v) is 7.04. The molecule has 0 saturated carbocycles. The molecule has 2 heterocycles. The van der Waals surface area contributed by atoms with E-state index in [1.165, 1.54) is 32.5 Å². The van der Waals surface area contributed by atoms with E-state index in [1.807, 2.05) is 6.07 Å². The van der Waals surface area contributed by atoms with Crippen LogP contribution in [0.15, 0.2) is 30.5 Å². The third-order valence-electron chi connectivity index (χ3n) is 6.72. The minimum atomic E-state index is 0.352. The summed E-state index contributed by atoms with van der Waals surface area (Å²) < 4.78 is 5.05. The first kappa shape index (κ1) is 35.4. The number of aromatic amines is 1. The molecule has 1 saturated heterocycles. The molecule has 10 nitrogen and oxygen atoms in total. The number of benzene rings is 1. The highest BCUT2D eigenvalue weighted by Crippen LogP contribution is 2.40. The van der Waals surface area contributed by atoms with E-state index in [1.54, 1.807) is 20.2 Å². The number of carbonyl (C=O) groups excluding carboxylic acids is 2. The Labute approximate surface area is 248 Å². The van der Waals surface area contributed by atoms with Gasteiger partial charge in [0, 0.05) is 42.7 Å². The van der Waals surface area contributed by atoms with Gasteiger partial charge in [0.2, 0.25) is 0 Å². The molecule has 41 heavy (non-hydrogen) atoms. The van der Waals surface area contributed by atoms with Gasteiger partial charge in [-0.25, -0.2) is 0 Å². The quantitative estimate of drug-likeness (QED) is 0.147. The van der Waals surface area contributed by atoms with Gasteiger partial charge in [0.15, 0.2) is 12.1 Å². The van der Waals surface area contributed by atoms with Gasteiger partial charge in [0.05, 0.1) is 17.2 Å². The molecule has 4 rings (SSSR count). The van der Waals surface area contributed by atoms with Crippen LogP contribution in [0.25, 0.3) is 5.57 Å². The Morgan fingerprint density at radius 2 is 1.95 bits per heavy atom. The Kier molecular flexibility index (Phi) is 16.1. The lowest BCUT2D eigenvalue weighted by molar-refractivity contribution is -0.104. The molecule has 0 bridgehead atoms. The Balaban J connectivity index is 0.000000462. The highest BCUT2D eigenvalue weighted by Gasteiger charge is 2.24. The summed E-state index contributed by atoms with van der Waals surface area (Å²) in [5, 5.41) is 10.0. The van der Waals surface area contributed by atoms with Crippen LogP contribution in [0.3, 0.4) is 0 Å². The van der Waals surface area contributed by atoms with Gasteiger partial charge in [-0.2, -0.15) is 5.10 Å². The fourth-order valence-corrected chi connectivity index (χ4v) is 4.80.